The lowest BCUT2D eigenvalue weighted by atomic mass is 9.87. The second-order valence-corrected chi connectivity index (χ2v) is 20.2. The van der Waals surface area contributed by atoms with Crippen LogP contribution in [0.25, 0.3) is 11.2 Å². The smallest absolute Gasteiger partial charge is 0.280 e. The van der Waals surface area contributed by atoms with Gasteiger partial charge in [-0.1, -0.05) is 95.3 Å². The number of hydrogen-bond acceptors (Lipinski definition) is 9. The Kier molecular flexibility index (Phi) is 9.93. The molecule has 2 aromatic carbocycles. The fourth-order valence-electron chi connectivity index (χ4n) is 6.36. The molecule has 12 heteroatoms. The molecule has 1 aliphatic heterocycles. The Balaban J connectivity index is 1.44. The lowest BCUT2D eigenvalue weighted by molar-refractivity contribution is -0.209. The SMILES string of the molecule is CC(C)CNc1nc2c(ncn2[C@@H]2O[C@@](COCc3ccccc3)(C3(O[Si](C)(C)C(C)(C)C)CC3)[C@@H](OCc3ccccc3)[C@H]2O)c(=O)[nH]1. The molecule has 3 heterocycles. The van der Waals surface area contributed by atoms with E-state index in [1.165, 1.54) is 6.33 Å². The van der Waals surface area contributed by atoms with Gasteiger partial charge < -0.3 is 29.1 Å². The maximum atomic E-state index is 13.1. The number of rotatable bonds is 14. The number of nitrogens with one attached hydrogen (secondary N) is 2. The summed E-state index contributed by atoms with van der Waals surface area (Å²) < 4.78 is 29.4. The van der Waals surface area contributed by atoms with Crippen LogP contribution < -0.4 is 10.9 Å². The third-order valence-electron chi connectivity index (χ3n) is 10.2. The van der Waals surface area contributed by atoms with Crippen molar-refractivity contribution < 1.29 is 23.7 Å². The third kappa shape index (κ3) is 7.13. The average Bonchev–Trinajstić information content (AvgIpc) is 3.61. The monoisotopic (exact) mass is 689 g/mol. The number of aliphatic hydroxyl groups excluding tert-OH is 1. The Labute approximate surface area is 289 Å². The highest BCUT2D eigenvalue weighted by molar-refractivity contribution is 6.74. The van der Waals surface area contributed by atoms with Crippen molar-refractivity contribution in [2.75, 3.05) is 18.5 Å². The highest BCUT2D eigenvalue weighted by atomic mass is 28.4. The van der Waals surface area contributed by atoms with Crippen molar-refractivity contribution in [2.45, 2.75) is 108 Å². The minimum absolute atomic E-state index is 0.0728. The molecule has 0 amide bonds. The van der Waals surface area contributed by atoms with Crippen LogP contribution in [0.2, 0.25) is 18.1 Å². The fourth-order valence-corrected chi connectivity index (χ4v) is 8.02. The van der Waals surface area contributed by atoms with Crippen LogP contribution in [0.5, 0.6) is 0 Å². The molecule has 0 spiro atoms. The topological polar surface area (TPSA) is 133 Å². The third-order valence-corrected chi connectivity index (χ3v) is 14.7. The molecule has 1 saturated heterocycles. The van der Waals surface area contributed by atoms with Gasteiger partial charge in [-0.15, -0.1) is 0 Å². The maximum absolute atomic E-state index is 13.1. The van der Waals surface area contributed by atoms with E-state index < -0.39 is 38.0 Å². The van der Waals surface area contributed by atoms with Gasteiger partial charge in [-0.25, -0.2) is 4.98 Å². The number of nitrogens with zero attached hydrogens (tertiary/aromatic N) is 3. The van der Waals surface area contributed by atoms with Crippen LogP contribution in [0, 0.1) is 5.92 Å². The number of anilines is 1. The molecule has 264 valence electrons. The Morgan fingerprint density at radius 3 is 2.29 bits per heavy atom. The van der Waals surface area contributed by atoms with Crippen molar-refractivity contribution in [1.29, 1.82) is 0 Å². The number of fused-ring (bicyclic) bond motifs is 1. The van der Waals surface area contributed by atoms with Crippen LogP contribution in [-0.4, -0.2) is 69.5 Å². The normalized spacial score (nSPS) is 23.7. The van der Waals surface area contributed by atoms with Gasteiger partial charge in [0.15, 0.2) is 31.3 Å². The number of aromatic amines is 1. The van der Waals surface area contributed by atoms with E-state index in [0.717, 1.165) is 24.0 Å². The molecule has 1 aliphatic carbocycles. The van der Waals surface area contributed by atoms with Crippen LogP contribution in [0.1, 0.15) is 64.8 Å². The molecule has 2 fully saturated rings. The van der Waals surface area contributed by atoms with Gasteiger partial charge in [-0.05, 0) is 48.0 Å². The molecule has 0 bridgehead atoms. The Morgan fingerprint density at radius 1 is 1.06 bits per heavy atom. The van der Waals surface area contributed by atoms with E-state index in [2.05, 4.69) is 63.0 Å². The Bertz CT molecular complexity index is 1770. The maximum Gasteiger partial charge on any atom is 0.280 e. The van der Waals surface area contributed by atoms with Gasteiger partial charge in [0.05, 0.1) is 31.7 Å². The molecule has 6 rings (SSSR count). The second kappa shape index (κ2) is 13.7. The van der Waals surface area contributed by atoms with Crippen LogP contribution in [0.3, 0.4) is 0 Å². The second-order valence-electron chi connectivity index (χ2n) is 15.5. The Hall–Kier alpha value is -3.39. The fraction of sp³-hybridized carbons (Fsp3) is 0.541. The summed E-state index contributed by atoms with van der Waals surface area (Å²) in [5.41, 5.74) is 0.101. The van der Waals surface area contributed by atoms with Gasteiger partial charge in [0, 0.05) is 6.54 Å². The molecule has 49 heavy (non-hydrogen) atoms. The summed E-state index contributed by atoms with van der Waals surface area (Å²) in [7, 11) is -2.36. The van der Waals surface area contributed by atoms with E-state index >= 15 is 0 Å². The molecule has 0 unspecified atom stereocenters. The van der Waals surface area contributed by atoms with Gasteiger partial charge in [-0.3, -0.25) is 14.3 Å². The zero-order valence-electron chi connectivity index (χ0n) is 29.7. The van der Waals surface area contributed by atoms with Crippen LogP contribution in [0.4, 0.5) is 5.95 Å². The molecule has 11 nitrogen and oxygen atoms in total. The molecule has 0 radical (unpaired) electrons. The highest BCUT2D eigenvalue weighted by Gasteiger charge is 2.73. The lowest BCUT2D eigenvalue weighted by Gasteiger charge is -2.47. The number of aromatic nitrogens is 4. The predicted octanol–water partition coefficient (Wildman–Crippen LogP) is 6.17. The van der Waals surface area contributed by atoms with E-state index in [1.54, 1.807) is 4.57 Å². The van der Waals surface area contributed by atoms with Crippen LogP contribution >= 0.6 is 0 Å². The van der Waals surface area contributed by atoms with Crippen molar-refractivity contribution in [1.82, 2.24) is 19.5 Å². The van der Waals surface area contributed by atoms with Crippen molar-refractivity contribution in [3.63, 3.8) is 0 Å². The van der Waals surface area contributed by atoms with Crippen molar-refractivity contribution in [3.05, 3.63) is 88.5 Å². The number of ether oxygens (including phenoxy) is 3. The summed E-state index contributed by atoms with van der Waals surface area (Å²) in [6, 6.07) is 19.9. The first-order valence-corrected chi connectivity index (χ1v) is 20.2. The summed E-state index contributed by atoms with van der Waals surface area (Å²) in [5, 5.41) is 15.5. The minimum atomic E-state index is -2.36. The number of H-pyrrole nitrogens is 1. The average molecular weight is 690 g/mol. The van der Waals surface area contributed by atoms with Gasteiger partial charge in [-0.2, -0.15) is 4.98 Å². The summed E-state index contributed by atoms with van der Waals surface area (Å²) >= 11 is 0. The van der Waals surface area contributed by atoms with Crippen LogP contribution in [0.15, 0.2) is 71.8 Å². The summed E-state index contributed by atoms with van der Waals surface area (Å²) in [4.78, 5) is 25.1. The summed E-state index contributed by atoms with van der Waals surface area (Å²) in [5.74, 6) is 0.662. The molecule has 2 aliphatic rings. The van der Waals surface area contributed by atoms with Crippen molar-refractivity contribution in [3.8, 4) is 0 Å². The van der Waals surface area contributed by atoms with E-state index in [0.29, 0.717) is 30.7 Å². The van der Waals surface area contributed by atoms with E-state index in [-0.39, 0.29) is 29.3 Å². The number of benzene rings is 2. The first-order chi connectivity index (χ1) is 23.3. The number of hydrogen-bond donors (Lipinski definition) is 3. The van der Waals surface area contributed by atoms with E-state index in [1.807, 2.05) is 60.7 Å². The minimum Gasteiger partial charge on any atom is -0.408 e. The zero-order chi connectivity index (χ0) is 35.0. The van der Waals surface area contributed by atoms with Gasteiger partial charge in [0.1, 0.15) is 12.2 Å². The zero-order valence-corrected chi connectivity index (χ0v) is 30.7. The largest absolute Gasteiger partial charge is 0.408 e. The van der Waals surface area contributed by atoms with E-state index in [9.17, 15) is 9.90 Å². The molecule has 4 aromatic rings. The molecular weight excluding hydrogens is 639 g/mol. The standard InChI is InChI=1S/C37H51N5O6Si/c1-25(2)20-38-34-40-31-28(32(44)41-34)39-24-42(31)33-29(43)30(46-22-27-16-12-9-13-17-27)37(47-33,23-45-21-26-14-10-8-11-15-26)36(18-19-36)48-49(6,7)35(3,4)5/h8-17,24-25,29-30,33,43H,18-23H2,1-7H3,(H2,38,40,41,44)/t29-,30+,33-,37-/m1/s1. The molecule has 4 atom stereocenters. The van der Waals surface area contributed by atoms with Crippen molar-refractivity contribution >= 4 is 25.4 Å². The molecule has 2 aromatic heterocycles. The first-order valence-electron chi connectivity index (χ1n) is 17.3. The number of imidazole rings is 1. The lowest BCUT2D eigenvalue weighted by Crippen LogP contribution is -2.62. The molecule has 1 saturated carbocycles. The van der Waals surface area contributed by atoms with E-state index in [4.69, 9.17) is 23.6 Å². The van der Waals surface area contributed by atoms with Gasteiger partial charge in [0.2, 0.25) is 5.95 Å². The predicted molar refractivity (Wildman–Crippen MR) is 192 cm³/mol. The van der Waals surface area contributed by atoms with Gasteiger partial charge >= 0.3 is 0 Å². The molecular formula is C37H51N5O6Si. The highest BCUT2D eigenvalue weighted by Crippen LogP contribution is 2.60. The van der Waals surface area contributed by atoms with Gasteiger partial charge in [0.25, 0.3) is 5.56 Å². The summed E-state index contributed by atoms with van der Waals surface area (Å²) in [6.45, 7) is 16.6. The summed E-state index contributed by atoms with van der Waals surface area (Å²) in [6.07, 6.45) is -0.0426. The quantitative estimate of drug-likeness (QED) is 0.133. The number of aliphatic hydroxyl groups is 1. The molecule has 3 N–H and O–H groups in total. The van der Waals surface area contributed by atoms with Crippen LogP contribution in [-0.2, 0) is 31.9 Å². The van der Waals surface area contributed by atoms with Crippen molar-refractivity contribution in [2.24, 2.45) is 5.92 Å². The Morgan fingerprint density at radius 2 is 1.69 bits per heavy atom. The first kappa shape index (κ1) is 35.4.